The molecular weight excluding hydrogens is 356 g/mol. The minimum atomic E-state index is -0.259. The third kappa shape index (κ3) is 3.25. The topological polar surface area (TPSA) is 52.8 Å². The number of nitrogens with zero attached hydrogens (tertiary/aromatic N) is 2. The standard InChI is InChI=1S/C18H16N2O3S2/c1-2-7-20-13-9-14-15(23-11-22-14)10-16(13)25-18(20)19-17(21)6-5-12-4-3-8-24-12/h3-6,8-10H,2,7,11H2,1H3. The van der Waals surface area contributed by atoms with Crippen molar-refractivity contribution < 1.29 is 14.3 Å². The molecule has 3 heterocycles. The zero-order valence-electron chi connectivity index (χ0n) is 13.6. The Labute approximate surface area is 152 Å². The summed E-state index contributed by atoms with van der Waals surface area (Å²) in [4.78, 5) is 18.3. The lowest BCUT2D eigenvalue weighted by Crippen LogP contribution is -2.16. The summed E-state index contributed by atoms with van der Waals surface area (Å²) in [6, 6.07) is 7.84. The van der Waals surface area contributed by atoms with Crippen LogP contribution in [0.2, 0.25) is 0 Å². The lowest BCUT2D eigenvalue weighted by molar-refractivity contribution is -0.113. The molecule has 0 bridgehead atoms. The van der Waals surface area contributed by atoms with E-state index in [2.05, 4.69) is 16.5 Å². The van der Waals surface area contributed by atoms with Crippen LogP contribution in [-0.4, -0.2) is 17.3 Å². The van der Waals surface area contributed by atoms with Crippen LogP contribution >= 0.6 is 22.7 Å². The number of carbonyl (C=O) groups is 1. The number of thiophene rings is 1. The molecule has 0 saturated carbocycles. The number of benzene rings is 1. The summed E-state index contributed by atoms with van der Waals surface area (Å²) in [5, 5.41) is 1.98. The van der Waals surface area contributed by atoms with E-state index < -0.39 is 0 Å². The van der Waals surface area contributed by atoms with E-state index in [-0.39, 0.29) is 12.7 Å². The van der Waals surface area contributed by atoms with Gasteiger partial charge in [0, 0.05) is 29.6 Å². The van der Waals surface area contributed by atoms with Gasteiger partial charge < -0.3 is 14.0 Å². The second-order valence-electron chi connectivity index (χ2n) is 5.51. The Morgan fingerprint density at radius 1 is 1.36 bits per heavy atom. The molecule has 25 heavy (non-hydrogen) atoms. The van der Waals surface area contributed by atoms with Gasteiger partial charge >= 0.3 is 0 Å². The maximum atomic E-state index is 12.2. The molecular formula is C18H16N2O3S2. The van der Waals surface area contributed by atoms with Crippen LogP contribution < -0.4 is 14.3 Å². The molecule has 3 aromatic rings. The number of hydrogen-bond donors (Lipinski definition) is 0. The monoisotopic (exact) mass is 372 g/mol. The van der Waals surface area contributed by atoms with Gasteiger partial charge in [0.05, 0.1) is 10.2 Å². The quantitative estimate of drug-likeness (QED) is 0.650. The van der Waals surface area contributed by atoms with Crippen molar-refractivity contribution in [2.24, 2.45) is 4.99 Å². The highest BCUT2D eigenvalue weighted by Crippen LogP contribution is 2.37. The van der Waals surface area contributed by atoms with Crippen LogP contribution in [0.4, 0.5) is 0 Å². The van der Waals surface area contributed by atoms with E-state index in [9.17, 15) is 4.79 Å². The Bertz CT molecular complexity index is 1010. The molecule has 0 spiro atoms. The Kier molecular flexibility index (Phi) is 4.42. The summed E-state index contributed by atoms with van der Waals surface area (Å²) >= 11 is 3.08. The van der Waals surface area contributed by atoms with Gasteiger partial charge in [0.2, 0.25) is 6.79 Å². The van der Waals surface area contributed by atoms with Gasteiger partial charge in [-0.25, -0.2) is 0 Å². The molecule has 1 aliphatic heterocycles. The number of aryl methyl sites for hydroxylation is 1. The van der Waals surface area contributed by atoms with Crippen molar-refractivity contribution in [3.05, 3.63) is 45.4 Å². The van der Waals surface area contributed by atoms with E-state index in [1.54, 1.807) is 17.4 Å². The second-order valence-corrected chi connectivity index (χ2v) is 7.50. The maximum Gasteiger partial charge on any atom is 0.272 e. The van der Waals surface area contributed by atoms with Gasteiger partial charge in [0.1, 0.15) is 0 Å². The van der Waals surface area contributed by atoms with E-state index in [0.717, 1.165) is 39.6 Å². The number of fused-ring (bicyclic) bond motifs is 2. The van der Waals surface area contributed by atoms with Crippen molar-refractivity contribution in [3.8, 4) is 11.5 Å². The minimum Gasteiger partial charge on any atom is -0.454 e. The smallest absolute Gasteiger partial charge is 0.272 e. The Balaban J connectivity index is 1.75. The average molecular weight is 372 g/mol. The number of aromatic nitrogens is 1. The van der Waals surface area contributed by atoms with Crippen LogP contribution in [-0.2, 0) is 11.3 Å². The number of hydrogen-bond acceptors (Lipinski definition) is 5. The summed E-state index contributed by atoms with van der Waals surface area (Å²) in [5.41, 5.74) is 1.02. The summed E-state index contributed by atoms with van der Waals surface area (Å²) in [6.07, 6.45) is 4.26. The van der Waals surface area contributed by atoms with Gasteiger partial charge in [0.25, 0.3) is 5.91 Å². The number of amides is 1. The van der Waals surface area contributed by atoms with Gasteiger partial charge in [-0.3, -0.25) is 4.79 Å². The molecule has 1 aromatic carbocycles. The maximum absolute atomic E-state index is 12.2. The van der Waals surface area contributed by atoms with Gasteiger partial charge in [0.15, 0.2) is 16.3 Å². The molecule has 0 unspecified atom stereocenters. The molecule has 7 heteroatoms. The van der Waals surface area contributed by atoms with Crippen molar-refractivity contribution in [3.63, 3.8) is 0 Å². The molecule has 0 fully saturated rings. The van der Waals surface area contributed by atoms with Crippen LogP contribution in [0.1, 0.15) is 18.2 Å². The normalized spacial score (nSPS) is 14.0. The Hall–Kier alpha value is -2.38. The Morgan fingerprint density at radius 2 is 2.20 bits per heavy atom. The summed E-state index contributed by atoms with van der Waals surface area (Å²) < 4.78 is 14.0. The van der Waals surface area contributed by atoms with Crippen molar-refractivity contribution in [2.45, 2.75) is 19.9 Å². The van der Waals surface area contributed by atoms with Crippen molar-refractivity contribution in [1.29, 1.82) is 0 Å². The molecule has 2 aromatic heterocycles. The SMILES string of the molecule is CCCn1c(=NC(=O)C=Cc2cccs2)sc2cc3c(cc21)OCO3. The van der Waals surface area contributed by atoms with E-state index in [1.165, 1.54) is 17.4 Å². The molecule has 1 amide bonds. The Morgan fingerprint density at radius 3 is 2.96 bits per heavy atom. The lowest BCUT2D eigenvalue weighted by atomic mass is 10.3. The van der Waals surface area contributed by atoms with E-state index in [0.29, 0.717) is 4.80 Å². The highest BCUT2D eigenvalue weighted by atomic mass is 32.1. The predicted octanol–water partition coefficient (Wildman–Crippen LogP) is 4.04. The molecule has 1 aliphatic rings. The highest BCUT2D eigenvalue weighted by Gasteiger charge is 2.17. The number of thiazole rings is 1. The van der Waals surface area contributed by atoms with Crippen LogP contribution in [0.25, 0.3) is 16.3 Å². The van der Waals surface area contributed by atoms with Gasteiger partial charge in [-0.2, -0.15) is 4.99 Å². The zero-order chi connectivity index (χ0) is 17.2. The lowest BCUT2D eigenvalue weighted by Gasteiger charge is -2.03. The third-order valence-electron chi connectivity index (χ3n) is 3.76. The van der Waals surface area contributed by atoms with Crippen LogP contribution in [0.3, 0.4) is 0 Å². The first kappa shape index (κ1) is 16.1. The fraction of sp³-hybridized carbons (Fsp3) is 0.222. The highest BCUT2D eigenvalue weighted by molar-refractivity contribution is 7.16. The summed E-state index contributed by atoms with van der Waals surface area (Å²) in [6.45, 7) is 3.15. The third-order valence-corrected chi connectivity index (χ3v) is 5.64. The molecule has 4 rings (SSSR count). The van der Waals surface area contributed by atoms with Gasteiger partial charge in [-0.15, -0.1) is 11.3 Å². The summed E-state index contributed by atoms with van der Waals surface area (Å²) in [7, 11) is 0. The first-order valence-corrected chi connectivity index (χ1v) is 9.67. The number of carbonyl (C=O) groups excluding carboxylic acids is 1. The molecule has 0 saturated heterocycles. The van der Waals surface area contributed by atoms with Crippen LogP contribution in [0.15, 0.2) is 40.7 Å². The van der Waals surface area contributed by atoms with Crippen molar-refractivity contribution >= 4 is 44.9 Å². The number of ether oxygens (including phenoxy) is 2. The first-order chi connectivity index (χ1) is 12.2. The van der Waals surface area contributed by atoms with Crippen molar-refractivity contribution in [1.82, 2.24) is 4.57 Å². The van der Waals surface area contributed by atoms with Crippen LogP contribution in [0, 0.1) is 0 Å². The fourth-order valence-electron chi connectivity index (χ4n) is 2.66. The second kappa shape index (κ2) is 6.85. The molecule has 0 aliphatic carbocycles. The molecule has 128 valence electrons. The molecule has 0 radical (unpaired) electrons. The van der Waals surface area contributed by atoms with E-state index in [4.69, 9.17) is 9.47 Å². The minimum absolute atomic E-state index is 0.254. The fourth-order valence-corrected chi connectivity index (χ4v) is 4.35. The predicted molar refractivity (Wildman–Crippen MR) is 100 cm³/mol. The van der Waals surface area contributed by atoms with Crippen LogP contribution in [0.5, 0.6) is 11.5 Å². The molecule has 0 atom stereocenters. The average Bonchev–Trinajstić information content (AvgIpc) is 3.32. The largest absolute Gasteiger partial charge is 0.454 e. The van der Waals surface area contributed by atoms with Gasteiger partial charge in [-0.05, 0) is 23.9 Å². The zero-order valence-corrected chi connectivity index (χ0v) is 15.2. The van der Waals surface area contributed by atoms with Crippen molar-refractivity contribution in [2.75, 3.05) is 6.79 Å². The van der Waals surface area contributed by atoms with Gasteiger partial charge in [-0.1, -0.05) is 24.3 Å². The first-order valence-electron chi connectivity index (χ1n) is 7.98. The summed E-state index contributed by atoms with van der Waals surface area (Å²) in [5.74, 6) is 1.23. The molecule has 0 N–H and O–H groups in total. The van der Waals surface area contributed by atoms with E-state index >= 15 is 0 Å². The molecule has 5 nitrogen and oxygen atoms in total. The number of rotatable bonds is 4. The van der Waals surface area contributed by atoms with E-state index in [1.807, 2.05) is 29.6 Å².